The van der Waals surface area contributed by atoms with Gasteiger partial charge in [-0.15, -0.1) is 0 Å². The summed E-state index contributed by atoms with van der Waals surface area (Å²) in [5.41, 5.74) is 1.56. The van der Waals surface area contributed by atoms with Gasteiger partial charge in [0.15, 0.2) is 0 Å². The monoisotopic (exact) mass is 481 g/mol. The second kappa shape index (κ2) is 8.90. The third kappa shape index (κ3) is 4.71. The Hall–Kier alpha value is -2.55. The lowest BCUT2D eigenvalue weighted by Gasteiger charge is -2.16. The normalized spacial score (nSPS) is 12.5. The minimum Gasteiger partial charge on any atom is -0.497 e. The van der Waals surface area contributed by atoms with Crippen LogP contribution in [0.3, 0.4) is 0 Å². The average Bonchev–Trinajstić information content (AvgIpc) is 3.00. The first-order valence-corrected chi connectivity index (χ1v) is 11.5. The average molecular weight is 482 g/mol. The minimum absolute atomic E-state index is 0.0220. The number of hydrogen-bond acceptors (Lipinski definition) is 5. The van der Waals surface area contributed by atoms with Gasteiger partial charge in [0.25, 0.3) is 0 Å². The maximum atomic E-state index is 13.1. The number of nitrogens with one attached hydrogen (secondary N) is 1. The fourth-order valence-corrected chi connectivity index (χ4v) is 4.61. The molecule has 164 valence electrons. The lowest BCUT2D eigenvalue weighted by molar-refractivity contribution is -0.119. The molecule has 0 radical (unpaired) electrons. The first-order chi connectivity index (χ1) is 14.5. The molecule has 1 unspecified atom stereocenters. The SMILES string of the molecule is COc1cc(NC(=O)C(C)n2nc(C)c(Cl)c2C)cc(S(=O)(=O)c2ccc(Cl)cc2)c1. The van der Waals surface area contributed by atoms with E-state index in [1.807, 2.05) is 0 Å². The largest absolute Gasteiger partial charge is 0.497 e. The molecule has 0 bridgehead atoms. The van der Waals surface area contributed by atoms with E-state index in [1.165, 1.54) is 48.2 Å². The standard InChI is InChI=1S/C21H21Cl2N3O4S/c1-12-20(23)13(2)26(25-12)14(3)21(27)24-16-9-17(30-4)11-19(10-16)31(28,29)18-7-5-15(22)6-8-18/h5-11,14H,1-4H3,(H,24,27). The lowest BCUT2D eigenvalue weighted by atomic mass is 10.2. The number of ether oxygens (including phenoxy) is 1. The summed E-state index contributed by atoms with van der Waals surface area (Å²) in [5.74, 6) is -0.0995. The summed E-state index contributed by atoms with van der Waals surface area (Å²) in [6, 6.07) is 9.48. The van der Waals surface area contributed by atoms with Gasteiger partial charge in [-0.2, -0.15) is 5.10 Å². The summed E-state index contributed by atoms with van der Waals surface area (Å²) in [7, 11) is -2.44. The highest BCUT2D eigenvalue weighted by atomic mass is 35.5. The molecule has 1 aromatic heterocycles. The van der Waals surface area contributed by atoms with Gasteiger partial charge in [-0.05, 0) is 57.2 Å². The van der Waals surface area contributed by atoms with Crippen molar-refractivity contribution in [1.82, 2.24) is 9.78 Å². The number of anilines is 1. The first kappa shape index (κ1) is 23.1. The second-order valence-corrected chi connectivity index (χ2v) is 9.71. The summed E-state index contributed by atoms with van der Waals surface area (Å²) < 4.78 is 32.9. The number of nitrogens with zero attached hydrogens (tertiary/aromatic N) is 2. The van der Waals surface area contributed by atoms with Crippen molar-refractivity contribution in [2.45, 2.75) is 36.6 Å². The summed E-state index contributed by atoms with van der Waals surface area (Å²) >= 11 is 12.0. The number of benzene rings is 2. The van der Waals surface area contributed by atoms with Crippen molar-refractivity contribution in [3.05, 3.63) is 63.9 Å². The summed E-state index contributed by atoms with van der Waals surface area (Å²) in [4.78, 5) is 12.9. The van der Waals surface area contributed by atoms with E-state index in [4.69, 9.17) is 27.9 Å². The molecule has 1 amide bonds. The number of methoxy groups -OCH3 is 1. The van der Waals surface area contributed by atoms with Gasteiger partial charge in [0.05, 0.1) is 33.3 Å². The van der Waals surface area contributed by atoms with Crippen molar-refractivity contribution in [3.63, 3.8) is 0 Å². The van der Waals surface area contributed by atoms with E-state index in [0.29, 0.717) is 21.4 Å². The number of aryl methyl sites for hydroxylation is 1. The van der Waals surface area contributed by atoms with Crippen molar-refractivity contribution in [2.75, 3.05) is 12.4 Å². The fraction of sp³-hybridized carbons (Fsp3) is 0.238. The van der Waals surface area contributed by atoms with Crippen molar-refractivity contribution in [1.29, 1.82) is 0 Å². The zero-order valence-electron chi connectivity index (χ0n) is 17.3. The number of aromatic nitrogens is 2. The fourth-order valence-electron chi connectivity index (χ4n) is 3.04. The van der Waals surface area contributed by atoms with E-state index in [2.05, 4.69) is 10.4 Å². The summed E-state index contributed by atoms with van der Waals surface area (Å²) in [6.07, 6.45) is 0. The Balaban J connectivity index is 1.94. The molecule has 3 aromatic rings. The van der Waals surface area contributed by atoms with E-state index in [9.17, 15) is 13.2 Å². The number of amides is 1. The van der Waals surface area contributed by atoms with Gasteiger partial charge in [0.2, 0.25) is 15.7 Å². The number of carbonyl (C=O) groups excluding carboxylic acids is 1. The van der Waals surface area contributed by atoms with Crippen molar-refractivity contribution < 1.29 is 17.9 Å². The van der Waals surface area contributed by atoms with Crippen LogP contribution >= 0.6 is 23.2 Å². The molecule has 0 aliphatic rings. The molecular weight excluding hydrogens is 461 g/mol. The van der Waals surface area contributed by atoms with Crippen LogP contribution in [0.2, 0.25) is 10.0 Å². The Kier molecular flexibility index (Phi) is 6.64. The molecule has 1 N–H and O–H groups in total. The zero-order valence-corrected chi connectivity index (χ0v) is 19.6. The maximum absolute atomic E-state index is 13.1. The van der Waals surface area contributed by atoms with Gasteiger partial charge in [-0.1, -0.05) is 23.2 Å². The maximum Gasteiger partial charge on any atom is 0.248 e. The highest BCUT2D eigenvalue weighted by molar-refractivity contribution is 7.91. The molecule has 7 nitrogen and oxygen atoms in total. The third-order valence-corrected chi connectivity index (χ3v) is 7.35. The van der Waals surface area contributed by atoms with Crippen LogP contribution in [0.1, 0.15) is 24.4 Å². The molecule has 31 heavy (non-hydrogen) atoms. The van der Waals surface area contributed by atoms with E-state index < -0.39 is 15.9 Å². The quantitative estimate of drug-likeness (QED) is 0.543. The molecule has 2 aromatic carbocycles. The molecule has 0 saturated carbocycles. The van der Waals surface area contributed by atoms with Crippen LogP contribution in [0.15, 0.2) is 52.3 Å². The number of carbonyl (C=O) groups is 1. The van der Waals surface area contributed by atoms with Crippen LogP contribution in [0, 0.1) is 13.8 Å². The van der Waals surface area contributed by atoms with Gasteiger partial charge >= 0.3 is 0 Å². The van der Waals surface area contributed by atoms with Crippen LogP contribution in [0.4, 0.5) is 5.69 Å². The Morgan fingerprint density at radius 3 is 2.29 bits per heavy atom. The molecular formula is C21H21Cl2N3O4S. The van der Waals surface area contributed by atoms with E-state index in [-0.39, 0.29) is 27.1 Å². The minimum atomic E-state index is -3.85. The smallest absolute Gasteiger partial charge is 0.248 e. The predicted molar refractivity (Wildman–Crippen MR) is 120 cm³/mol. The van der Waals surface area contributed by atoms with Crippen LogP contribution in [-0.4, -0.2) is 31.2 Å². The molecule has 1 heterocycles. The summed E-state index contributed by atoms with van der Waals surface area (Å²) in [6.45, 7) is 5.21. The van der Waals surface area contributed by atoms with Gasteiger partial charge in [0.1, 0.15) is 11.8 Å². The van der Waals surface area contributed by atoms with Crippen molar-refractivity contribution in [2.24, 2.45) is 0 Å². The Morgan fingerprint density at radius 1 is 1.10 bits per heavy atom. The highest BCUT2D eigenvalue weighted by Gasteiger charge is 2.23. The lowest BCUT2D eigenvalue weighted by Crippen LogP contribution is -2.25. The number of sulfone groups is 1. The van der Waals surface area contributed by atoms with E-state index >= 15 is 0 Å². The van der Waals surface area contributed by atoms with Crippen molar-refractivity contribution >= 4 is 44.6 Å². The third-order valence-electron chi connectivity index (χ3n) is 4.80. The first-order valence-electron chi connectivity index (χ1n) is 9.26. The predicted octanol–water partition coefficient (Wildman–Crippen LogP) is 4.85. The van der Waals surface area contributed by atoms with Crippen LogP contribution in [0.5, 0.6) is 5.75 Å². The highest BCUT2D eigenvalue weighted by Crippen LogP contribution is 2.30. The Labute approximate surface area is 190 Å². The molecule has 0 aliphatic carbocycles. The second-order valence-electron chi connectivity index (χ2n) is 6.95. The van der Waals surface area contributed by atoms with E-state index in [1.54, 1.807) is 26.8 Å². The van der Waals surface area contributed by atoms with Crippen LogP contribution in [0.25, 0.3) is 0 Å². The number of halogens is 2. The molecule has 10 heteroatoms. The molecule has 0 aliphatic heterocycles. The van der Waals surface area contributed by atoms with Gasteiger partial charge in [0, 0.05) is 16.8 Å². The molecule has 3 rings (SSSR count). The van der Waals surface area contributed by atoms with Crippen molar-refractivity contribution in [3.8, 4) is 5.75 Å². The zero-order chi connectivity index (χ0) is 22.9. The molecule has 0 spiro atoms. The van der Waals surface area contributed by atoms with Crippen LogP contribution in [-0.2, 0) is 14.6 Å². The summed E-state index contributed by atoms with van der Waals surface area (Å²) in [5, 5.41) is 7.96. The topological polar surface area (TPSA) is 90.3 Å². The number of hydrogen-bond donors (Lipinski definition) is 1. The Bertz CT molecular complexity index is 1240. The molecule has 0 fully saturated rings. The van der Waals surface area contributed by atoms with Gasteiger partial charge < -0.3 is 10.1 Å². The Morgan fingerprint density at radius 2 is 1.74 bits per heavy atom. The van der Waals surface area contributed by atoms with Gasteiger partial charge in [-0.3, -0.25) is 9.48 Å². The van der Waals surface area contributed by atoms with Gasteiger partial charge in [-0.25, -0.2) is 8.42 Å². The molecule has 1 atom stereocenters. The number of rotatable bonds is 6. The van der Waals surface area contributed by atoms with E-state index in [0.717, 1.165) is 0 Å². The molecule has 0 saturated heterocycles. The van der Waals surface area contributed by atoms with Crippen LogP contribution < -0.4 is 10.1 Å².